The SMILES string of the molecule is CCC1CCCCN1c1nccc(C(=O)Nc2ccc(Br)cc2)n1. The van der Waals surface area contributed by atoms with Crippen LogP contribution in [0, 0.1) is 0 Å². The second kappa shape index (κ2) is 7.75. The number of hydrogen-bond donors (Lipinski definition) is 1. The zero-order chi connectivity index (χ0) is 16.9. The van der Waals surface area contributed by atoms with Crippen LogP contribution < -0.4 is 10.2 Å². The molecule has 1 aromatic carbocycles. The molecule has 0 saturated carbocycles. The van der Waals surface area contributed by atoms with Gasteiger partial charge in [0.15, 0.2) is 0 Å². The normalized spacial score (nSPS) is 17.6. The van der Waals surface area contributed by atoms with Crippen LogP contribution in [0.4, 0.5) is 11.6 Å². The van der Waals surface area contributed by atoms with Crippen molar-refractivity contribution >= 4 is 33.5 Å². The van der Waals surface area contributed by atoms with Crippen molar-refractivity contribution in [3.05, 3.63) is 46.7 Å². The maximum Gasteiger partial charge on any atom is 0.274 e. The Bertz CT molecular complexity index is 704. The summed E-state index contributed by atoms with van der Waals surface area (Å²) >= 11 is 3.38. The predicted molar refractivity (Wildman–Crippen MR) is 99.4 cm³/mol. The number of carbonyl (C=O) groups excluding carboxylic acids is 1. The van der Waals surface area contributed by atoms with Gasteiger partial charge in [0.25, 0.3) is 5.91 Å². The summed E-state index contributed by atoms with van der Waals surface area (Å²) in [5, 5.41) is 2.87. The Hall–Kier alpha value is -1.95. The molecule has 1 N–H and O–H groups in total. The highest BCUT2D eigenvalue weighted by atomic mass is 79.9. The monoisotopic (exact) mass is 388 g/mol. The molecule has 1 amide bonds. The van der Waals surface area contributed by atoms with E-state index in [1.54, 1.807) is 12.3 Å². The van der Waals surface area contributed by atoms with Gasteiger partial charge in [-0.1, -0.05) is 22.9 Å². The molecule has 3 rings (SSSR count). The lowest BCUT2D eigenvalue weighted by atomic mass is 10.0. The maximum atomic E-state index is 12.5. The van der Waals surface area contributed by atoms with Crippen molar-refractivity contribution in [2.45, 2.75) is 38.6 Å². The Morgan fingerprint density at radius 1 is 1.29 bits per heavy atom. The summed E-state index contributed by atoms with van der Waals surface area (Å²) in [6.45, 7) is 3.14. The lowest BCUT2D eigenvalue weighted by Gasteiger charge is -2.35. The van der Waals surface area contributed by atoms with E-state index in [-0.39, 0.29) is 5.91 Å². The van der Waals surface area contributed by atoms with E-state index in [2.05, 4.69) is 43.0 Å². The van der Waals surface area contributed by atoms with Gasteiger partial charge in [-0.3, -0.25) is 4.79 Å². The van der Waals surface area contributed by atoms with Crippen LogP contribution in [-0.4, -0.2) is 28.5 Å². The van der Waals surface area contributed by atoms with Gasteiger partial charge in [-0.15, -0.1) is 0 Å². The molecule has 0 aliphatic carbocycles. The number of carbonyl (C=O) groups is 1. The molecule has 1 fully saturated rings. The fourth-order valence-corrected chi connectivity index (χ4v) is 3.29. The van der Waals surface area contributed by atoms with E-state index >= 15 is 0 Å². The molecule has 1 saturated heterocycles. The van der Waals surface area contributed by atoms with Crippen LogP contribution in [0.1, 0.15) is 43.1 Å². The Morgan fingerprint density at radius 3 is 2.83 bits per heavy atom. The van der Waals surface area contributed by atoms with Crippen LogP contribution >= 0.6 is 15.9 Å². The molecule has 1 atom stereocenters. The summed E-state index contributed by atoms with van der Waals surface area (Å²) < 4.78 is 0.973. The fourth-order valence-electron chi connectivity index (χ4n) is 3.03. The highest BCUT2D eigenvalue weighted by Crippen LogP contribution is 2.23. The fraction of sp³-hybridized carbons (Fsp3) is 0.389. The molecule has 1 aliphatic rings. The quantitative estimate of drug-likeness (QED) is 0.849. The lowest BCUT2D eigenvalue weighted by Crippen LogP contribution is -2.40. The molecule has 0 spiro atoms. The van der Waals surface area contributed by atoms with Crippen molar-refractivity contribution in [3.8, 4) is 0 Å². The van der Waals surface area contributed by atoms with Crippen LogP contribution in [0.3, 0.4) is 0 Å². The van der Waals surface area contributed by atoms with Gasteiger partial charge in [0.2, 0.25) is 5.95 Å². The number of benzene rings is 1. The van der Waals surface area contributed by atoms with Crippen LogP contribution in [0.15, 0.2) is 41.0 Å². The van der Waals surface area contributed by atoms with Crippen molar-refractivity contribution in [1.29, 1.82) is 0 Å². The average molecular weight is 389 g/mol. The molecule has 2 heterocycles. The van der Waals surface area contributed by atoms with Crippen molar-refractivity contribution in [3.63, 3.8) is 0 Å². The number of rotatable bonds is 4. The largest absolute Gasteiger partial charge is 0.338 e. The van der Waals surface area contributed by atoms with E-state index < -0.39 is 0 Å². The number of hydrogen-bond acceptors (Lipinski definition) is 4. The summed E-state index contributed by atoms with van der Waals surface area (Å²) in [6.07, 6.45) is 6.29. The predicted octanol–water partition coefficient (Wildman–Crippen LogP) is 4.26. The molecule has 0 bridgehead atoms. The van der Waals surface area contributed by atoms with Crippen LogP contribution in [-0.2, 0) is 0 Å². The van der Waals surface area contributed by atoms with E-state index in [1.807, 2.05) is 24.3 Å². The third kappa shape index (κ3) is 3.93. The molecule has 1 unspecified atom stereocenters. The number of anilines is 2. The van der Waals surface area contributed by atoms with E-state index in [0.717, 1.165) is 36.0 Å². The Balaban J connectivity index is 1.76. The van der Waals surface area contributed by atoms with Gasteiger partial charge in [0.05, 0.1) is 0 Å². The number of aromatic nitrogens is 2. The standard InChI is InChI=1S/C18H21BrN4O/c1-2-15-5-3-4-12-23(15)18-20-11-10-16(22-18)17(24)21-14-8-6-13(19)7-9-14/h6-11,15H,2-5,12H2,1H3,(H,21,24). The summed E-state index contributed by atoms with van der Waals surface area (Å²) in [6, 6.07) is 9.59. The first-order valence-corrected chi connectivity index (χ1v) is 9.13. The highest BCUT2D eigenvalue weighted by Gasteiger charge is 2.23. The van der Waals surface area contributed by atoms with Gasteiger partial charge in [-0.2, -0.15) is 0 Å². The Morgan fingerprint density at radius 2 is 2.08 bits per heavy atom. The summed E-state index contributed by atoms with van der Waals surface area (Å²) in [5.41, 5.74) is 1.14. The molecule has 24 heavy (non-hydrogen) atoms. The summed E-state index contributed by atoms with van der Waals surface area (Å²) in [5.74, 6) is 0.441. The minimum absolute atomic E-state index is 0.217. The molecule has 2 aromatic rings. The minimum atomic E-state index is -0.217. The van der Waals surface area contributed by atoms with Gasteiger partial charge >= 0.3 is 0 Å². The molecule has 1 aromatic heterocycles. The van der Waals surface area contributed by atoms with Gasteiger partial charge < -0.3 is 10.2 Å². The Kier molecular flexibility index (Phi) is 5.45. The molecule has 5 nitrogen and oxygen atoms in total. The first-order valence-electron chi connectivity index (χ1n) is 8.34. The zero-order valence-electron chi connectivity index (χ0n) is 13.7. The highest BCUT2D eigenvalue weighted by molar-refractivity contribution is 9.10. The van der Waals surface area contributed by atoms with Crippen molar-refractivity contribution < 1.29 is 4.79 Å². The van der Waals surface area contributed by atoms with Crippen molar-refractivity contribution in [2.24, 2.45) is 0 Å². The lowest BCUT2D eigenvalue weighted by molar-refractivity contribution is 0.102. The molecule has 126 valence electrons. The third-order valence-corrected chi connectivity index (χ3v) is 4.86. The third-order valence-electron chi connectivity index (χ3n) is 4.33. The van der Waals surface area contributed by atoms with E-state index in [4.69, 9.17) is 0 Å². The molecule has 6 heteroatoms. The second-order valence-electron chi connectivity index (χ2n) is 5.95. The molecule has 1 aliphatic heterocycles. The van der Waals surface area contributed by atoms with Crippen LogP contribution in [0.25, 0.3) is 0 Å². The Labute approximate surface area is 150 Å². The zero-order valence-corrected chi connectivity index (χ0v) is 15.3. The van der Waals surface area contributed by atoms with Crippen LogP contribution in [0.5, 0.6) is 0 Å². The summed E-state index contributed by atoms with van der Waals surface area (Å²) in [4.78, 5) is 23.6. The van der Waals surface area contributed by atoms with Gasteiger partial charge in [-0.25, -0.2) is 9.97 Å². The molecular weight excluding hydrogens is 368 g/mol. The second-order valence-corrected chi connectivity index (χ2v) is 6.87. The number of halogens is 1. The topological polar surface area (TPSA) is 58.1 Å². The summed E-state index contributed by atoms with van der Waals surface area (Å²) in [7, 11) is 0. The first kappa shape index (κ1) is 16.9. The average Bonchev–Trinajstić information content (AvgIpc) is 2.63. The van der Waals surface area contributed by atoms with Crippen LogP contribution in [0.2, 0.25) is 0 Å². The number of piperidine rings is 1. The smallest absolute Gasteiger partial charge is 0.274 e. The molecular formula is C18H21BrN4O. The minimum Gasteiger partial charge on any atom is -0.338 e. The number of amides is 1. The number of nitrogens with one attached hydrogen (secondary N) is 1. The van der Waals surface area contributed by atoms with E-state index in [9.17, 15) is 4.79 Å². The van der Waals surface area contributed by atoms with Gasteiger partial charge in [-0.05, 0) is 56.0 Å². The van der Waals surface area contributed by atoms with E-state index in [1.165, 1.54) is 6.42 Å². The van der Waals surface area contributed by atoms with Gasteiger partial charge in [0.1, 0.15) is 5.69 Å². The maximum absolute atomic E-state index is 12.5. The van der Waals surface area contributed by atoms with E-state index in [0.29, 0.717) is 17.7 Å². The van der Waals surface area contributed by atoms with Gasteiger partial charge in [0, 0.05) is 28.9 Å². The molecule has 0 radical (unpaired) electrons. The van der Waals surface area contributed by atoms with Crippen molar-refractivity contribution in [2.75, 3.05) is 16.8 Å². The number of nitrogens with zero attached hydrogens (tertiary/aromatic N) is 3. The first-order chi connectivity index (χ1) is 11.7. The van der Waals surface area contributed by atoms with Crippen molar-refractivity contribution in [1.82, 2.24) is 9.97 Å².